The van der Waals surface area contributed by atoms with Crippen molar-refractivity contribution in [1.82, 2.24) is 20.8 Å². The first-order valence-electron chi connectivity index (χ1n) is 7.53. The Bertz CT molecular complexity index is 442. The molecule has 1 aliphatic rings. The average molecular weight is 407 g/mol. The normalized spacial score (nSPS) is 15.0. The summed E-state index contributed by atoms with van der Waals surface area (Å²) in [5, 5.41) is 10.5. The highest BCUT2D eigenvalue weighted by molar-refractivity contribution is 14.0. The van der Waals surface area contributed by atoms with Crippen LogP contribution in [0.3, 0.4) is 0 Å². The predicted octanol–water partition coefficient (Wildman–Crippen LogP) is 2.32. The van der Waals surface area contributed by atoms with Crippen molar-refractivity contribution < 1.29 is 4.52 Å². The van der Waals surface area contributed by atoms with E-state index in [-0.39, 0.29) is 24.0 Å². The Labute approximate surface area is 143 Å². The van der Waals surface area contributed by atoms with Crippen LogP contribution in [0.2, 0.25) is 0 Å². The largest absolute Gasteiger partial charge is 0.357 e. The number of hydrogen-bond donors (Lipinski definition) is 2. The van der Waals surface area contributed by atoms with Crippen molar-refractivity contribution in [3.63, 3.8) is 0 Å². The van der Waals surface area contributed by atoms with E-state index < -0.39 is 0 Å². The molecule has 6 nitrogen and oxygen atoms in total. The van der Waals surface area contributed by atoms with Crippen molar-refractivity contribution in [1.29, 1.82) is 0 Å². The van der Waals surface area contributed by atoms with E-state index in [1.807, 2.05) is 0 Å². The highest BCUT2D eigenvalue weighted by Crippen LogP contribution is 2.28. The Kier molecular flexibility index (Phi) is 7.98. The molecule has 0 radical (unpaired) electrons. The van der Waals surface area contributed by atoms with Crippen LogP contribution >= 0.6 is 24.0 Å². The van der Waals surface area contributed by atoms with E-state index in [1.165, 1.54) is 12.8 Å². The van der Waals surface area contributed by atoms with Crippen molar-refractivity contribution in [3.8, 4) is 0 Å². The summed E-state index contributed by atoms with van der Waals surface area (Å²) in [6.45, 7) is 8.72. The molecular formula is C14H26IN5O. The van der Waals surface area contributed by atoms with Gasteiger partial charge >= 0.3 is 0 Å². The van der Waals surface area contributed by atoms with Gasteiger partial charge in [0.25, 0.3) is 0 Å². The summed E-state index contributed by atoms with van der Waals surface area (Å²) in [5.74, 6) is 3.43. The molecule has 1 heterocycles. The first-order chi connectivity index (χ1) is 9.69. The Morgan fingerprint density at radius 1 is 1.38 bits per heavy atom. The molecule has 120 valence electrons. The van der Waals surface area contributed by atoms with Gasteiger partial charge in [-0.1, -0.05) is 19.0 Å². The lowest BCUT2D eigenvalue weighted by molar-refractivity contribution is 0.371. The zero-order chi connectivity index (χ0) is 14.4. The van der Waals surface area contributed by atoms with Crippen LogP contribution in [0.5, 0.6) is 0 Å². The molecule has 0 atom stereocenters. The third-order valence-electron chi connectivity index (χ3n) is 3.18. The molecule has 0 unspecified atom stereocenters. The summed E-state index contributed by atoms with van der Waals surface area (Å²) in [6, 6.07) is 0. The van der Waals surface area contributed by atoms with Gasteiger partial charge < -0.3 is 15.2 Å². The monoisotopic (exact) mass is 407 g/mol. The van der Waals surface area contributed by atoms with Gasteiger partial charge in [0, 0.05) is 32.0 Å². The highest BCUT2D eigenvalue weighted by Gasteiger charge is 2.20. The number of nitrogens with one attached hydrogen (secondary N) is 2. The fourth-order valence-corrected chi connectivity index (χ4v) is 1.75. The van der Waals surface area contributed by atoms with Gasteiger partial charge in [-0.15, -0.1) is 24.0 Å². The zero-order valence-corrected chi connectivity index (χ0v) is 15.4. The van der Waals surface area contributed by atoms with Crippen LogP contribution in [0, 0.1) is 5.92 Å². The number of nitrogens with zero attached hydrogens (tertiary/aromatic N) is 3. The molecule has 0 amide bonds. The van der Waals surface area contributed by atoms with Crippen LogP contribution < -0.4 is 10.6 Å². The smallest absolute Gasteiger partial charge is 0.228 e. The summed E-state index contributed by atoms with van der Waals surface area (Å²) in [6.07, 6.45) is 3.36. The van der Waals surface area contributed by atoms with E-state index in [9.17, 15) is 0 Å². The Morgan fingerprint density at radius 3 is 2.71 bits per heavy atom. The number of hydrogen-bond acceptors (Lipinski definition) is 4. The van der Waals surface area contributed by atoms with Gasteiger partial charge in [0.1, 0.15) is 0 Å². The number of guanidine groups is 1. The van der Waals surface area contributed by atoms with E-state index in [1.54, 1.807) is 0 Å². The van der Waals surface area contributed by atoms with Crippen LogP contribution in [0.1, 0.15) is 51.2 Å². The fourth-order valence-electron chi connectivity index (χ4n) is 1.75. The third kappa shape index (κ3) is 6.62. The van der Waals surface area contributed by atoms with Crippen molar-refractivity contribution in [3.05, 3.63) is 11.7 Å². The topological polar surface area (TPSA) is 75.3 Å². The Balaban J connectivity index is 0.00000220. The van der Waals surface area contributed by atoms with Crippen molar-refractivity contribution in [2.75, 3.05) is 19.6 Å². The van der Waals surface area contributed by atoms with Gasteiger partial charge in [0.15, 0.2) is 11.8 Å². The summed E-state index contributed by atoms with van der Waals surface area (Å²) in [7, 11) is 0. The summed E-state index contributed by atoms with van der Waals surface area (Å²) < 4.78 is 5.21. The molecule has 0 aliphatic heterocycles. The van der Waals surface area contributed by atoms with Gasteiger partial charge in [0.05, 0.1) is 0 Å². The van der Waals surface area contributed by atoms with E-state index in [0.717, 1.165) is 37.3 Å². The molecule has 1 saturated carbocycles. The third-order valence-corrected chi connectivity index (χ3v) is 3.18. The van der Waals surface area contributed by atoms with Crippen LogP contribution in [-0.2, 0) is 6.42 Å². The molecule has 21 heavy (non-hydrogen) atoms. The number of rotatable bonds is 7. The molecular weight excluding hydrogens is 381 g/mol. The standard InChI is InChI=1S/C14H25N5O.HI/c1-4-15-14(17-9-11-5-6-11)16-8-7-12-18-13(10(2)3)19-20-12;/h10-11H,4-9H2,1-3H3,(H2,15,16,17);1H. The van der Waals surface area contributed by atoms with Crippen LogP contribution in [-0.4, -0.2) is 35.7 Å². The number of halogens is 1. The molecule has 0 bridgehead atoms. The van der Waals surface area contributed by atoms with Crippen LogP contribution in [0.4, 0.5) is 0 Å². The van der Waals surface area contributed by atoms with Gasteiger partial charge in [-0.2, -0.15) is 4.98 Å². The molecule has 2 N–H and O–H groups in total. The minimum Gasteiger partial charge on any atom is -0.357 e. The van der Waals surface area contributed by atoms with Gasteiger partial charge in [-0.25, -0.2) is 0 Å². The van der Waals surface area contributed by atoms with Crippen LogP contribution in [0.15, 0.2) is 9.52 Å². The lowest BCUT2D eigenvalue weighted by atomic mass is 10.2. The van der Waals surface area contributed by atoms with Crippen molar-refractivity contribution in [2.45, 2.75) is 46.0 Å². The minimum absolute atomic E-state index is 0. The van der Waals surface area contributed by atoms with Gasteiger partial charge in [0.2, 0.25) is 5.89 Å². The first-order valence-corrected chi connectivity index (χ1v) is 7.53. The molecule has 1 aliphatic carbocycles. The lowest BCUT2D eigenvalue weighted by Crippen LogP contribution is -2.38. The summed E-state index contributed by atoms with van der Waals surface area (Å²) in [5.41, 5.74) is 0. The second-order valence-corrected chi connectivity index (χ2v) is 5.54. The average Bonchev–Trinajstić information content (AvgIpc) is 3.12. The predicted molar refractivity (Wildman–Crippen MR) is 94.2 cm³/mol. The van der Waals surface area contributed by atoms with E-state index >= 15 is 0 Å². The number of aliphatic imine (C=N–C) groups is 1. The van der Waals surface area contributed by atoms with E-state index in [4.69, 9.17) is 4.52 Å². The first kappa shape index (κ1) is 18.2. The SMILES string of the molecule is CCNC(=NCC1CC1)NCCc1nc(C(C)C)no1.I. The highest BCUT2D eigenvalue weighted by atomic mass is 127. The molecule has 1 aromatic rings. The summed E-state index contributed by atoms with van der Waals surface area (Å²) >= 11 is 0. The fraction of sp³-hybridized carbons (Fsp3) is 0.786. The molecule has 0 spiro atoms. The van der Waals surface area contributed by atoms with E-state index in [2.05, 4.69) is 46.5 Å². The number of aromatic nitrogens is 2. The second kappa shape index (κ2) is 9.22. The van der Waals surface area contributed by atoms with Gasteiger partial charge in [-0.3, -0.25) is 4.99 Å². The maximum Gasteiger partial charge on any atom is 0.228 e. The molecule has 1 aromatic heterocycles. The van der Waals surface area contributed by atoms with Crippen LogP contribution in [0.25, 0.3) is 0 Å². The molecule has 0 saturated heterocycles. The Hall–Kier alpha value is -0.860. The molecule has 7 heteroatoms. The Morgan fingerprint density at radius 2 is 2.14 bits per heavy atom. The summed E-state index contributed by atoms with van der Waals surface area (Å²) in [4.78, 5) is 8.93. The van der Waals surface area contributed by atoms with Crippen molar-refractivity contribution in [2.24, 2.45) is 10.9 Å². The molecule has 1 fully saturated rings. The van der Waals surface area contributed by atoms with E-state index in [0.29, 0.717) is 18.2 Å². The lowest BCUT2D eigenvalue weighted by Gasteiger charge is -2.09. The van der Waals surface area contributed by atoms with Gasteiger partial charge in [-0.05, 0) is 25.7 Å². The maximum absolute atomic E-state index is 5.21. The molecule has 2 rings (SSSR count). The maximum atomic E-state index is 5.21. The second-order valence-electron chi connectivity index (χ2n) is 5.54. The minimum atomic E-state index is 0. The van der Waals surface area contributed by atoms with Crippen molar-refractivity contribution >= 4 is 29.9 Å². The quantitative estimate of drug-likeness (QED) is 0.412. The molecule has 0 aromatic carbocycles. The zero-order valence-electron chi connectivity index (χ0n) is 13.1.